The number of nitrogens with zero attached hydrogens (tertiary/aromatic N) is 1. The quantitative estimate of drug-likeness (QED) is 0.591. The first-order chi connectivity index (χ1) is 6.90. The van der Waals surface area contributed by atoms with Gasteiger partial charge in [-0.2, -0.15) is 5.26 Å². The SMILES string of the molecule is N#Cc1cc(S(=O)(=O)Cl)cc(CBr)c1Br. The number of halogens is 3. The molecule has 0 aliphatic heterocycles. The molecule has 1 aromatic carbocycles. The van der Waals surface area contributed by atoms with E-state index in [1.807, 2.05) is 6.07 Å². The third-order valence-corrected chi connectivity index (χ3v) is 4.54. The molecule has 0 fully saturated rings. The van der Waals surface area contributed by atoms with E-state index >= 15 is 0 Å². The molecule has 0 radical (unpaired) electrons. The summed E-state index contributed by atoms with van der Waals surface area (Å²) in [5, 5.41) is 9.23. The van der Waals surface area contributed by atoms with Crippen LogP contribution in [-0.2, 0) is 14.4 Å². The second kappa shape index (κ2) is 4.83. The molecule has 0 spiro atoms. The van der Waals surface area contributed by atoms with Gasteiger partial charge in [-0.3, -0.25) is 0 Å². The van der Waals surface area contributed by atoms with E-state index in [-0.39, 0.29) is 10.5 Å². The highest BCUT2D eigenvalue weighted by Crippen LogP contribution is 2.28. The van der Waals surface area contributed by atoms with Crippen LogP contribution in [-0.4, -0.2) is 8.42 Å². The smallest absolute Gasteiger partial charge is 0.207 e. The molecule has 3 nitrogen and oxygen atoms in total. The Hall–Kier alpha value is -0.0900. The van der Waals surface area contributed by atoms with Gasteiger partial charge in [-0.15, -0.1) is 0 Å². The Bertz CT molecular complexity index is 536. The first-order valence-corrected chi connectivity index (χ1v) is 7.85. The van der Waals surface area contributed by atoms with Gasteiger partial charge in [-0.1, -0.05) is 15.9 Å². The van der Waals surface area contributed by atoms with Crippen molar-refractivity contribution in [2.24, 2.45) is 0 Å². The normalized spacial score (nSPS) is 11.1. The van der Waals surface area contributed by atoms with Gasteiger partial charge >= 0.3 is 0 Å². The van der Waals surface area contributed by atoms with E-state index in [9.17, 15) is 8.42 Å². The van der Waals surface area contributed by atoms with Crippen LogP contribution in [0, 0.1) is 11.3 Å². The van der Waals surface area contributed by atoms with Gasteiger partial charge in [0.05, 0.1) is 10.5 Å². The van der Waals surface area contributed by atoms with Gasteiger partial charge in [0.1, 0.15) is 6.07 Å². The summed E-state index contributed by atoms with van der Waals surface area (Å²) >= 11 is 6.41. The van der Waals surface area contributed by atoms with Crippen molar-refractivity contribution in [1.82, 2.24) is 0 Å². The van der Waals surface area contributed by atoms with Crippen LogP contribution in [0.5, 0.6) is 0 Å². The molecule has 0 aliphatic carbocycles. The molecule has 0 aromatic heterocycles. The lowest BCUT2D eigenvalue weighted by atomic mass is 10.1. The fourth-order valence-corrected chi connectivity index (χ4v) is 3.06. The molecule has 80 valence electrons. The molecule has 0 unspecified atom stereocenters. The Morgan fingerprint density at radius 1 is 1.47 bits per heavy atom. The largest absolute Gasteiger partial charge is 0.261 e. The number of rotatable bonds is 2. The van der Waals surface area contributed by atoms with Gasteiger partial charge in [-0.05, 0) is 33.6 Å². The summed E-state index contributed by atoms with van der Waals surface area (Å²) in [6.07, 6.45) is 0. The van der Waals surface area contributed by atoms with Gasteiger partial charge in [0.2, 0.25) is 0 Å². The summed E-state index contributed by atoms with van der Waals surface area (Å²) in [4.78, 5) is -0.0710. The van der Waals surface area contributed by atoms with Crippen LogP contribution in [0.2, 0.25) is 0 Å². The zero-order valence-electron chi connectivity index (χ0n) is 7.17. The van der Waals surface area contributed by atoms with E-state index in [1.54, 1.807) is 0 Å². The Labute approximate surface area is 109 Å². The monoisotopic (exact) mass is 371 g/mol. The molecule has 0 saturated heterocycles. The summed E-state index contributed by atoms with van der Waals surface area (Å²) in [7, 11) is 1.40. The van der Waals surface area contributed by atoms with Crippen molar-refractivity contribution in [1.29, 1.82) is 5.26 Å². The highest BCUT2D eigenvalue weighted by atomic mass is 79.9. The molecule has 0 atom stereocenters. The molecule has 0 aliphatic rings. The van der Waals surface area contributed by atoms with E-state index in [0.717, 1.165) is 0 Å². The second-order valence-electron chi connectivity index (χ2n) is 2.63. The molecular formula is C8H4Br2ClNO2S. The topological polar surface area (TPSA) is 57.9 Å². The lowest BCUT2D eigenvalue weighted by molar-refractivity contribution is 0.609. The van der Waals surface area contributed by atoms with Crippen molar-refractivity contribution >= 4 is 51.6 Å². The summed E-state index contributed by atoms with van der Waals surface area (Å²) < 4.78 is 22.8. The summed E-state index contributed by atoms with van der Waals surface area (Å²) in [6.45, 7) is 0. The van der Waals surface area contributed by atoms with E-state index in [4.69, 9.17) is 15.9 Å². The number of benzene rings is 1. The molecule has 0 bridgehead atoms. The maximum atomic E-state index is 11.1. The number of alkyl halides is 1. The second-order valence-corrected chi connectivity index (χ2v) is 6.55. The number of hydrogen-bond donors (Lipinski definition) is 0. The molecule has 0 amide bonds. The van der Waals surface area contributed by atoms with Crippen LogP contribution in [0.25, 0.3) is 0 Å². The maximum absolute atomic E-state index is 11.1. The van der Waals surface area contributed by atoms with Crippen molar-refractivity contribution in [2.75, 3.05) is 0 Å². The standard InChI is InChI=1S/C8H4Br2ClNO2S/c9-3-5-1-7(15(11,13)14)2-6(4-12)8(5)10/h1-2H,3H2. The molecule has 0 heterocycles. The lowest BCUT2D eigenvalue weighted by Gasteiger charge is -2.05. The fourth-order valence-electron chi connectivity index (χ4n) is 0.975. The summed E-state index contributed by atoms with van der Waals surface area (Å²) in [5.41, 5.74) is 0.902. The van der Waals surface area contributed by atoms with Crippen molar-refractivity contribution in [2.45, 2.75) is 10.2 Å². The van der Waals surface area contributed by atoms with Gasteiger partial charge in [-0.25, -0.2) is 8.42 Å². The van der Waals surface area contributed by atoms with E-state index in [1.165, 1.54) is 12.1 Å². The highest BCUT2D eigenvalue weighted by Gasteiger charge is 2.15. The maximum Gasteiger partial charge on any atom is 0.261 e. The first kappa shape index (κ1) is 13.0. The molecule has 0 N–H and O–H groups in total. The van der Waals surface area contributed by atoms with Crippen LogP contribution in [0.4, 0.5) is 0 Å². The van der Waals surface area contributed by atoms with E-state index < -0.39 is 9.05 Å². The Kier molecular flexibility index (Phi) is 4.18. The van der Waals surface area contributed by atoms with Crippen molar-refractivity contribution in [3.63, 3.8) is 0 Å². The van der Waals surface area contributed by atoms with Crippen molar-refractivity contribution < 1.29 is 8.42 Å². The van der Waals surface area contributed by atoms with Crippen molar-refractivity contribution in [3.05, 3.63) is 27.7 Å². The number of nitriles is 1. The molecule has 1 rings (SSSR count). The molecule has 1 aromatic rings. The lowest BCUT2D eigenvalue weighted by Crippen LogP contribution is -1.95. The van der Waals surface area contributed by atoms with Crippen LogP contribution < -0.4 is 0 Å². The first-order valence-electron chi connectivity index (χ1n) is 3.63. The minimum atomic E-state index is -3.81. The van der Waals surface area contributed by atoms with E-state index in [2.05, 4.69) is 31.9 Å². The molecular weight excluding hydrogens is 369 g/mol. The summed E-state index contributed by atoms with van der Waals surface area (Å²) in [6, 6.07) is 4.55. The summed E-state index contributed by atoms with van der Waals surface area (Å²) in [5.74, 6) is 0. The third kappa shape index (κ3) is 2.94. The van der Waals surface area contributed by atoms with Crippen LogP contribution in [0.1, 0.15) is 11.1 Å². The average molecular weight is 373 g/mol. The minimum Gasteiger partial charge on any atom is -0.207 e. The van der Waals surface area contributed by atoms with Crippen LogP contribution in [0.3, 0.4) is 0 Å². The molecule has 7 heteroatoms. The Balaban J connectivity index is 3.56. The zero-order valence-corrected chi connectivity index (χ0v) is 11.9. The Morgan fingerprint density at radius 3 is 2.47 bits per heavy atom. The third-order valence-electron chi connectivity index (χ3n) is 1.67. The van der Waals surface area contributed by atoms with Gasteiger partial charge < -0.3 is 0 Å². The fraction of sp³-hybridized carbons (Fsp3) is 0.125. The van der Waals surface area contributed by atoms with Gasteiger partial charge in [0, 0.05) is 20.5 Å². The van der Waals surface area contributed by atoms with Crippen LogP contribution >= 0.6 is 42.5 Å². The van der Waals surface area contributed by atoms with Gasteiger partial charge in [0.15, 0.2) is 0 Å². The predicted octanol–water partition coefficient (Wildman–Crippen LogP) is 3.14. The highest BCUT2D eigenvalue weighted by molar-refractivity contribution is 9.10. The minimum absolute atomic E-state index is 0.0710. The van der Waals surface area contributed by atoms with Gasteiger partial charge in [0.25, 0.3) is 9.05 Å². The Morgan fingerprint density at radius 2 is 2.07 bits per heavy atom. The average Bonchev–Trinajstić information content (AvgIpc) is 2.16. The van der Waals surface area contributed by atoms with Crippen LogP contribution in [0.15, 0.2) is 21.5 Å². The van der Waals surface area contributed by atoms with Crippen molar-refractivity contribution in [3.8, 4) is 6.07 Å². The van der Waals surface area contributed by atoms with E-state index in [0.29, 0.717) is 15.4 Å². The predicted molar refractivity (Wildman–Crippen MR) is 64.5 cm³/mol. The molecule has 15 heavy (non-hydrogen) atoms. The number of hydrogen-bond acceptors (Lipinski definition) is 3. The molecule has 0 saturated carbocycles. The zero-order chi connectivity index (χ0) is 11.6.